The number of para-hydroxylation sites is 1. The molecule has 0 atom stereocenters. The maximum Gasteiger partial charge on any atom is 0.238 e. The van der Waals surface area contributed by atoms with Gasteiger partial charge >= 0.3 is 0 Å². The fourth-order valence-corrected chi connectivity index (χ4v) is 3.18. The second kappa shape index (κ2) is 6.15. The van der Waals surface area contributed by atoms with Gasteiger partial charge in [0.15, 0.2) is 0 Å². The highest BCUT2D eigenvalue weighted by Gasteiger charge is 2.17. The van der Waals surface area contributed by atoms with E-state index >= 15 is 0 Å². The van der Waals surface area contributed by atoms with Gasteiger partial charge in [-0.2, -0.15) is 5.10 Å². The van der Waals surface area contributed by atoms with Crippen molar-refractivity contribution in [3.8, 4) is 0 Å². The summed E-state index contributed by atoms with van der Waals surface area (Å²) >= 11 is 3.53. The lowest BCUT2D eigenvalue weighted by molar-refractivity contribution is 0.598. The number of halogens is 1. The van der Waals surface area contributed by atoms with Crippen molar-refractivity contribution in [1.82, 2.24) is 10.2 Å². The molecule has 3 aromatic rings. The first-order chi connectivity index (χ1) is 11.0. The lowest BCUT2D eigenvalue weighted by atomic mass is 10.2. The smallest absolute Gasteiger partial charge is 0.238 e. The van der Waals surface area contributed by atoms with Crippen molar-refractivity contribution in [3.05, 3.63) is 65.3 Å². The van der Waals surface area contributed by atoms with E-state index in [9.17, 15) is 8.42 Å². The summed E-state index contributed by atoms with van der Waals surface area (Å²) in [5.74, 6) is 0.750. The number of primary sulfonamides is 1. The van der Waals surface area contributed by atoms with E-state index in [4.69, 9.17) is 5.14 Å². The molecule has 0 saturated heterocycles. The molecule has 23 heavy (non-hydrogen) atoms. The molecule has 0 bridgehead atoms. The zero-order valence-corrected chi connectivity index (χ0v) is 14.3. The fraction of sp³-hybridized carbons (Fsp3) is 0. The molecule has 3 rings (SSSR count). The van der Waals surface area contributed by atoms with Crippen molar-refractivity contribution in [2.45, 2.75) is 4.90 Å². The molecule has 0 fully saturated rings. The van der Waals surface area contributed by atoms with E-state index < -0.39 is 10.0 Å². The van der Waals surface area contributed by atoms with E-state index in [1.54, 1.807) is 18.3 Å². The second-order valence-corrected chi connectivity index (χ2v) is 7.18. The standard InChI is InChI=1S/C15H13BrN4O2S/c16-13-3-1-2-4-14(13)20(15-9-10-18-19-15)11-5-7-12(8-6-11)23(17,21)22/h1-10H,(H,18,19)(H2,17,21,22). The monoisotopic (exact) mass is 392 g/mol. The Labute approximate surface area is 142 Å². The lowest BCUT2D eigenvalue weighted by Gasteiger charge is -2.24. The average molecular weight is 393 g/mol. The molecule has 3 N–H and O–H groups in total. The quantitative estimate of drug-likeness (QED) is 0.712. The number of benzene rings is 2. The van der Waals surface area contributed by atoms with Crippen LogP contribution >= 0.6 is 15.9 Å². The summed E-state index contributed by atoms with van der Waals surface area (Å²) in [5.41, 5.74) is 1.66. The predicted octanol–water partition coefficient (Wildman–Crippen LogP) is 3.29. The van der Waals surface area contributed by atoms with Crippen LogP contribution in [0.5, 0.6) is 0 Å². The summed E-state index contributed by atoms with van der Waals surface area (Å²) in [6.45, 7) is 0. The Hall–Kier alpha value is -2.16. The van der Waals surface area contributed by atoms with Crippen LogP contribution in [0.3, 0.4) is 0 Å². The number of anilines is 3. The van der Waals surface area contributed by atoms with Gasteiger partial charge in [-0.15, -0.1) is 0 Å². The van der Waals surface area contributed by atoms with Gasteiger partial charge in [-0.3, -0.25) is 10.00 Å². The zero-order valence-electron chi connectivity index (χ0n) is 11.8. The number of nitrogens with zero attached hydrogens (tertiary/aromatic N) is 2. The van der Waals surface area contributed by atoms with E-state index in [1.807, 2.05) is 35.2 Å². The molecule has 0 saturated carbocycles. The number of hydrogen-bond donors (Lipinski definition) is 2. The topological polar surface area (TPSA) is 92.1 Å². The van der Waals surface area contributed by atoms with Gasteiger partial charge in [-0.05, 0) is 52.3 Å². The third-order valence-electron chi connectivity index (χ3n) is 3.24. The number of aromatic nitrogens is 2. The predicted molar refractivity (Wildman–Crippen MR) is 92.3 cm³/mol. The minimum absolute atomic E-state index is 0.0675. The first-order valence-electron chi connectivity index (χ1n) is 6.64. The molecule has 0 radical (unpaired) electrons. The Kier molecular flexibility index (Phi) is 4.20. The number of H-pyrrole nitrogens is 1. The van der Waals surface area contributed by atoms with Gasteiger partial charge in [0, 0.05) is 16.2 Å². The molecule has 0 aliphatic rings. The molecule has 1 heterocycles. The Balaban J connectivity index is 2.12. The summed E-state index contributed by atoms with van der Waals surface area (Å²) < 4.78 is 23.7. The largest absolute Gasteiger partial charge is 0.294 e. The van der Waals surface area contributed by atoms with E-state index in [2.05, 4.69) is 26.1 Å². The molecule has 8 heteroatoms. The SMILES string of the molecule is NS(=O)(=O)c1ccc(N(c2ccn[nH]2)c2ccccc2Br)cc1. The number of hydrogen-bond acceptors (Lipinski definition) is 4. The summed E-state index contributed by atoms with van der Waals surface area (Å²) in [6.07, 6.45) is 1.65. The summed E-state index contributed by atoms with van der Waals surface area (Å²) in [7, 11) is -3.72. The Morgan fingerprint density at radius 3 is 2.30 bits per heavy atom. The van der Waals surface area contributed by atoms with Crippen LogP contribution in [0.2, 0.25) is 0 Å². The maximum atomic E-state index is 11.4. The highest BCUT2D eigenvalue weighted by atomic mass is 79.9. The summed E-state index contributed by atoms with van der Waals surface area (Å²) in [6, 6.07) is 15.9. The summed E-state index contributed by atoms with van der Waals surface area (Å²) in [5, 5.41) is 12.0. The van der Waals surface area contributed by atoms with Gasteiger partial charge in [-0.25, -0.2) is 13.6 Å². The van der Waals surface area contributed by atoms with Crippen molar-refractivity contribution >= 4 is 43.1 Å². The van der Waals surface area contributed by atoms with E-state index in [1.165, 1.54) is 12.1 Å². The highest BCUT2D eigenvalue weighted by Crippen LogP contribution is 2.37. The van der Waals surface area contributed by atoms with Crippen molar-refractivity contribution in [2.24, 2.45) is 5.14 Å². The minimum atomic E-state index is -3.72. The zero-order chi connectivity index (χ0) is 16.4. The van der Waals surface area contributed by atoms with Gasteiger partial charge in [0.25, 0.3) is 0 Å². The molecule has 0 amide bonds. The van der Waals surface area contributed by atoms with Crippen LogP contribution in [-0.2, 0) is 10.0 Å². The van der Waals surface area contributed by atoms with Crippen LogP contribution < -0.4 is 10.0 Å². The molecule has 2 aromatic carbocycles. The molecular weight excluding hydrogens is 380 g/mol. The fourth-order valence-electron chi connectivity index (χ4n) is 2.20. The third-order valence-corrected chi connectivity index (χ3v) is 4.84. The number of sulfonamides is 1. The lowest BCUT2D eigenvalue weighted by Crippen LogP contribution is -2.14. The number of rotatable bonds is 4. The molecule has 0 aliphatic carbocycles. The first kappa shape index (κ1) is 15.7. The van der Waals surface area contributed by atoms with Crippen molar-refractivity contribution in [2.75, 3.05) is 4.90 Å². The van der Waals surface area contributed by atoms with Crippen LogP contribution in [0.25, 0.3) is 0 Å². The second-order valence-electron chi connectivity index (χ2n) is 4.77. The number of nitrogens with two attached hydrogens (primary N) is 1. The maximum absolute atomic E-state index is 11.4. The Morgan fingerprint density at radius 2 is 1.74 bits per heavy atom. The summed E-state index contributed by atoms with van der Waals surface area (Å²) in [4.78, 5) is 1.99. The van der Waals surface area contributed by atoms with Crippen LogP contribution in [-0.4, -0.2) is 18.6 Å². The Morgan fingerprint density at radius 1 is 1.04 bits per heavy atom. The van der Waals surface area contributed by atoms with Gasteiger partial charge in [0.1, 0.15) is 5.82 Å². The average Bonchev–Trinajstić information content (AvgIpc) is 3.03. The van der Waals surface area contributed by atoms with Crippen LogP contribution in [0.1, 0.15) is 0 Å². The van der Waals surface area contributed by atoms with E-state index in [0.29, 0.717) is 0 Å². The third kappa shape index (κ3) is 3.29. The molecule has 0 spiro atoms. The van der Waals surface area contributed by atoms with Gasteiger partial charge < -0.3 is 0 Å². The Bertz CT molecular complexity index is 909. The van der Waals surface area contributed by atoms with Gasteiger partial charge in [0.2, 0.25) is 10.0 Å². The number of nitrogens with one attached hydrogen (secondary N) is 1. The molecular formula is C15H13BrN4O2S. The first-order valence-corrected chi connectivity index (χ1v) is 8.97. The minimum Gasteiger partial charge on any atom is -0.294 e. The number of aromatic amines is 1. The highest BCUT2D eigenvalue weighted by molar-refractivity contribution is 9.10. The molecule has 0 aliphatic heterocycles. The van der Waals surface area contributed by atoms with Crippen LogP contribution in [0, 0.1) is 0 Å². The van der Waals surface area contributed by atoms with Crippen molar-refractivity contribution in [3.63, 3.8) is 0 Å². The van der Waals surface area contributed by atoms with Gasteiger partial charge in [0.05, 0.1) is 16.8 Å². The van der Waals surface area contributed by atoms with Crippen LogP contribution in [0.15, 0.2) is 70.2 Å². The van der Waals surface area contributed by atoms with E-state index in [0.717, 1.165) is 21.7 Å². The van der Waals surface area contributed by atoms with Crippen molar-refractivity contribution in [1.29, 1.82) is 0 Å². The van der Waals surface area contributed by atoms with E-state index in [-0.39, 0.29) is 4.90 Å². The molecule has 6 nitrogen and oxygen atoms in total. The molecule has 118 valence electrons. The van der Waals surface area contributed by atoms with Crippen LogP contribution in [0.4, 0.5) is 17.2 Å². The molecule has 0 unspecified atom stereocenters. The van der Waals surface area contributed by atoms with Crippen molar-refractivity contribution < 1.29 is 8.42 Å². The molecule has 1 aromatic heterocycles. The normalized spacial score (nSPS) is 11.4. The van der Waals surface area contributed by atoms with Gasteiger partial charge in [-0.1, -0.05) is 12.1 Å².